The average molecular weight is 248 g/mol. The zero-order valence-corrected chi connectivity index (χ0v) is 9.28. The lowest BCUT2D eigenvalue weighted by Gasteiger charge is -2.22. The van der Waals surface area contributed by atoms with Gasteiger partial charge in [-0.15, -0.1) is 0 Å². The van der Waals surface area contributed by atoms with Gasteiger partial charge in [-0.3, -0.25) is 9.59 Å². The maximum absolute atomic E-state index is 11.3. The van der Waals surface area contributed by atoms with Crippen molar-refractivity contribution in [1.29, 1.82) is 0 Å². The molecule has 7 nitrogen and oxygen atoms in total. The molecule has 0 aliphatic rings. The van der Waals surface area contributed by atoms with E-state index in [2.05, 4.69) is 6.58 Å². The highest BCUT2D eigenvalue weighted by Gasteiger charge is 2.36. The van der Waals surface area contributed by atoms with Gasteiger partial charge in [0.05, 0.1) is 6.61 Å². The number of aliphatic hydroxyl groups is 5. The van der Waals surface area contributed by atoms with Crippen LogP contribution < -0.4 is 0 Å². The first-order chi connectivity index (χ1) is 7.73. The van der Waals surface area contributed by atoms with Crippen molar-refractivity contribution in [2.24, 2.45) is 0 Å². The van der Waals surface area contributed by atoms with Crippen molar-refractivity contribution in [3.05, 3.63) is 12.2 Å². The normalized spacial score (nSPS) is 18.0. The molecule has 7 heteroatoms. The Balaban J connectivity index is 4.70. The van der Waals surface area contributed by atoms with E-state index in [-0.39, 0.29) is 5.57 Å². The highest BCUT2D eigenvalue weighted by atomic mass is 16.4. The van der Waals surface area contributed by atoms with E-state index in [1.807, 2.05) is 0 Å². The number of aliphatic hydroxyl groups excluding tert-OH is 5. The van der Waals surface area contributed by atoms with Gasteiger partial charge in [0.15, 0.2) is 17.7 Å². The Labute approximate surface area is 97.6 Å². The molecule has 98 valence electrons. The number of carbonyl (C=O) groups excluding carboxylic acids is 2. The van der Waals surface area contributed by atoms with Crippen LogP contribution in [0, 0.1) is 0 Å². The maximum Gasteiger partial charge on any atom is 0.200 e. The van der Waals surface area contributed by atoms with E-state index < -0.39 is 42.6 Å². The van der Waals surface area contributed by atoms with Gasteiger partial charge in [-0.2, -0.15) is 0 Å². The topological polar surface area (TPSA) is 135 Å². The van der Waals surface area contributed by atoms with Crippen molar-refractivity contribution in [2.75, 3.05) is 6.61 Å². The van der Waals surface area contributed by atoms with Crippen LogP contribution in [-0.4, -0.2) is 68.1 Å². The van der Waals surface area contributed by atoms with E-state index in [0.717, 1.165) is 0 Å². The second-order valence-electron chi connectivity index (χ2n) is 3.63. The fourth-order valence-electron chi connectivity index (χ4n) is 1.01. The summed E-state index contributed by atoms with van der Waals surface area (Å²) in [4.78, 5) is 22.5. The molecule has 17 heavy (non-hydrogen) atoms. The molecule has 0 heterocycles. The quantitative estimate of drug-likeness (QED) is 0.241. The molecule has 0 amide bonds. The third-order valence-corrected chi connectivity index (χ3v) is 2.13. The number of rotatable bonds is 7. The van der Waals surface area contributed by atoms with Crippen molar-refractivity contribution in [1.82, 2.24) is 0 Å². The molecule has 1 unspecified atom stereocenters. The lowest BCUT2D eigenvalue weighted by Crippen LogP contribution is -2.49. The smallest absolute Gasteiger partial charge is 0.200 e. The van der Waals surface area contributed by atoms with E-state index in [1.54, 1.807) is 0 Å². The zero-order valence-electron chi connectivity index (χ0n) is 9.28. The number of Topliss-reactive ketones (excluding diaryl/α,β-unsaturated/α-hetero) is 2. The highest BCUT2D eigenvalue weighted by Crippen LogP contribution is 2.07. The molecule has 0 bridgehead atoms. The van der Waals surface area contributed by atoms with Gasteiger partial charge in [0.2, 0.25) is 0 Å². The summed E-state index contributed by atoms with van der Waals surface area (Å²) in [6.45, 7) is 3.61. The predicted octanol–water partition coefficient (Wildman–Crippen LogP) is -2.86. The van der Waals surface area contributed by atoms with E-state index in [9.17, 15) is 24.9 Å². The molecule has 0 radical (unpaired) electrons. The van der Waals surface area contributed by atoms with Crippen molar-refractivity contribution in [2.45, 2.75) is 31.3 Å². The molecule has 0 spiro atoms. The summed E-state index contributed by atoms with van der Waals surface area (Å²) in [6, 6.07) is 0. The van der Waals surface area contributed by atoms with Gasteiger partial charge >= 0.3 is 0 Å². The third kappa shape index (κ3) is 3.99. The van der Waals surface area contributed by atoms with Crippen LogP contribution in [0.2, 0.25) is 0 Å². The maximum atomic E-state index is 11.3. The molecule has 0 fully saturated rings. The highest BCUT2D eigenvalue weighted by molar-refractivity contribution is 6.13. The van der Waals surface area contributed by atoms with Crippen LogP contribution in [0.4, 0.5) is 0 Å². The van der Waals surface area contributed by atoms with Crippen LogP contribution in [0.5, 0.6) is 0 Å². The van der Waals surface area contributed by atoms with Crippen molar-refractivity contribution in [3.8, 4) is 0 Å². The van der Waals surface area contributed by atoms with E-state index in [4.69, 9.17) is 10.2 Å². The molecule has 0 aliphatic heterocycles. The van der Waals surface area contributed by atoms with Crippen LogP contribution in [0.3, 0.4) is 0 Å². The summed E-state index contributed by atoms with van der Waals surface area (Å²) < 4.78 is 0. The summed E-state index contributed by atoms with van der Waals surface area (Å²) in [5.74, 6) is -2.35. The average Bonchev–Trinajstić information content (AvgIpc) is 2.32. The number of hydrogen-bond acceptors (Lipinski definition) is 7. The number of ketones is 2. The van der Waals surface area contributed by atoms with Gasteiger partial charge in [0.25, 0.3) is 0 Å². The third-order valence-electron chi connectivity index (χ3n) is 2.13. The van der Waals surface area contributed by atoms with Crippen molar-refractivity contribution in [3.63, 3.8) is 0 Å². The fourth-order valence-corrected chi connectivity index (χ4v) is 1.01. The summed E-state index contributed by atoms with van der Waals surface area (Å²) >= 11 is 0. The van der Waals surface area contributed by atoms with Gasteiger partial charge in [-0.05, 0) is 12.5 Å². The molecule has 5 N–H and O–H groups in total. The number of carbonyl (C=O) groups is 2. The SMILES string of the molecule is C=C(C)C(=O)C(O)C(=O)[C@H](O)[C@@H](O)[C@H](O)CO. The summed E-state index contributed by atoms with van der Waals surface area (Å²) in [5.41, 5.74) is -0.0877. The van der Waals surface area contributed by atoms with Crippen molar-refractivity contribution < 1.29 is 35.1 Å². The molecule has 0 aliphatic carbocycles. The fraction of sp³-hybridized carbons (Fsp3) is 0.600. The van der Waals surface area contributed by atoms with Gasteiger partial charge in [-0.1, -0.05) is 6.58 Å². The minimum atomic E-state index is -2.17. The van der Waals surface area contributed by atoms with Crippen LogP contribution in [0.25, 0.3) is 0 Å². The first-order valence-corrected chi connectivity index (χ1v) is 4.80. The Morgan fingerprint density at radius 3 is 2.00 bits per heavy atom. The first-order valence-electron chi connectivity index (χ1n) is 4.80. The molecule has 0 aromatic carbocycles. The molecule has 0 aromatic rings. The summed E-state index contributed by atoms with van der Waals surface area (Å²) in [5, 5.41) is 45.2. The standard InChI is InChI=1S/C10H16O7/c1-4(2)6(13)8(15)10(17)9(16)7(14)5(12)3-11/h5,7-9,11-12,14-16H,1,3H2,2H3/t5-,7+,8?,9-/m1/s1. The van der Waals surface area contributed by atoms with Crippen molar-refractivity contribution >= 4 is 11.6 Å². The van der Waals surface area contributed by atoms with Gasteiger partial charge < -0.3 is 25.5 Å². The van der Waals surface area contributed by atoms with Crippen LogP contribution in [0.1, 0.15) is 6.92 Å². The van der Waals surface area contributed by atoms with Crippen LogP contribution in [-0.2, 0) is 9.59 Å². The minimum absolute atomic E-state index is 0.0877. The van der Waals surface area contributed by atoms with E-state index in [1.165, 1.54) is 6.92 Å². The second kappa shape index (κ2) is 6.58. The second-order valence-corrected chi connectivity index (χ2v) is 3.63. The molecular weight excluding hydrogens is 232 g/mol. The van der Waals surface area contributed by atoms with Gasteiger partial charge in [-0.25, -0.2) is 0 Å². The van der Waals surface area contributed by atoms with E-state index >= 15 is 0 Å². The number of hydrogen-bond donors (Lipinski definition) is 5. The molecular formula is C10H16O7. The lowest BCUT2D eigenvalue weighted by molar-refractivity contribution is -0.151. The Morgan fingerprint density at radius 2 is 1.65 bits per heavy atom. The monoisotopic (exact) mass is 248 g/mol. The first kappa shape index (κ1) is 15.9. The molecule has 0 saturated heterocycles. The Morgan fingerprint density at radius 1 is 1.18 bits per heavy atom. The van der Waals surface area contributed by atoms with Crippen LogP contribution >= 0.6 is 0 Å². The molecule has 0 aromatic heterocycles. The Hall–Kier alpha value is -1.12. The van der Waals surface area contributed by atoms with E-state index in [0.29, 0.717) is 0 Å². The Bertz CT molecular complexity index is 312. The molecule has 0 rings (SSSR count). The largest absolute Gasteiger partial charge is 0.394 e. The molecule has 4 atom stereocenters. The zero-order chi connectivity index (χ0) is 13.7. The predicted molar refractivity (Wildman–Crippen MR) is 55.9 cm³/mol. The molecule has 0 saturated carbocycles. The summed E-state index contributed by atoms with van der Waals surface area (Å²) in [6.07, 6.45) is -8.06. The van der Waals surface area contributed by atoms with Gasteiger partial charge in [0, 0.05) is 0 Å². The summed E-state index contributed by atoms with van der Waals surface area (Å²) in [7, 11) is 0. The van der Waals surface area contributed by atoms with Crippen LogP contribution in [0.15, 0.2) is 12.2 Å². The van der Waals surface area contributed by atoms with Gasteiger partial charge in [0.1, 0.15) is 18.3 Å². The lowest BCUT2D eigenvalue weighted by atomic mass is 9.97. The Kier molecular flexibility index (Phi) is 6.14. The minimum Gasteiger partial charge on any atom is -0.394 e.